The minimum Gasteiger partial charge on any atom is -0.391 e. The van der Waals surface area contributed by atoms with Crippen LogP contribution in [-0.4, -0.2) is 62.0 Å². The fraction of sp³-hybridized carbons (Fsp3) is 1.00. The summed E-state index contributed by atoms with van der Waals surface area (Å²) in [5.41, 5.74) is 0. The summed E-state index contributed by atoms with van der Waals surface area (Å²) in [4.78, 5) is 2.42. The van der Waals surface area contributed by atoms with Crippen LogP contribution in [0, 0.1) is 5.92 Å². The third-order valence-corrected chi connectivity index (χ3v) is 3.85. The van der Waals surface area contributed by atoms with Crippen LogP contribution in [0.5, 0.6) is 0 Å². The molecule has 4 atom stereocenters. The van der Waals surface area contributed by atoms with Crippen molar-refractivity contribution in [3.63, 3.8) is 0 Å². The zero-order valence-electron chi connectivity index (χ0n) is 11.6. The number of aliphatic hydroxyl groups excluding tert-OH is 1. The van der Waals surface area contributed by atoms with Crippen molar-refractivity contribution in [1.29, 1.82) is 0 Å². The molecule has 0 aromatic heterocycles. The first-order valence-corrected chi connectivity index (χ1v) is 6.65. The first kappa shape index (κ1) is 14.9. The molecule has 1 heterocycles. The molecule has 0 radical (unpaired) electrons. The van der Waals surface area contributed by atoms with Crippen LogP contribution >= 0.6 is 0 Å². The van der Waals surface area contributed by atoms with Gasteiger partial charge in [0.05, 0.1) is 12.7 Å². The maximum Gasteiger partial charge on any atom is 0.0785 e. The van der Waals surface area contributed by atoms with E-state index in [1.165, 1.54) is 6.42 Å². The van der Waals surface area contributed by atoms with Crippen LogP contribution in [0.3, 0.4) is 0 Å². The summed E-state index contributed by atoms with van der Waals surface area (Å²) in [7, 11) is 3.82. The van der Waals surface area contributed by atoms with Crippen LogP contribution in [0.15, 0.2) is 0 Å². The molecule has 102 valence electrons. The largest absolute Gasteiger partial charge is 0.391 e. The molecule has 0 aliphatic carbocycles. The van der Waals surface area contributed by atoms with Crippen molar-refractivity contribution in [2.75, 3.05) is 33.9 Å². The first-order valence-electron chi connectivity index (χ1n) is 6.65. The molecule has 1 aliphatic heterocycles. The molecule has 4 nitrogen and oxygen atoms in total. The highest BCUT2D eigenvalue weighted by Crippen LogP contribution is 2.20. The number of nitrogens with one attached hydrogen (secondary N) is 1. The fourth-order valence-corrected chi connectivity index (χ4v) is 2.54. The summed E-state index contributed by atoms with van der Waals surface area (Å²) in [6.45, 7) is 7.03. The van der Waals surface area contributed by atoms with E-state index in [1.54, 1.807) is 7.11 Å². The Morgan fingerprint density at radius 1 is 1.47 bits per heavy atom. The van der Waals surface area contributed by atoms with Gasteiger partial charge in [0.1, 0.15) is 0 Å². The number of piperidine rings is 1. The molecule has 0 spiro atoms. The molecule has 0 bridgehead atoms. The van der Waals surface area contributed by atoms with Crippen molar-refractivity contribution in [2.45, 2.75) is 44.9 Å². The summed E-state index contributed by atoms with van der Waals surface area (Å²) in [5, 5.41) is 13.1. The number of aliphatic hydroxyl groups is 1. The van der Waals surface area contributed by atoms with Gasteiger partial charge in [0.25, 0.3) is 0 Å². The lowest BCUT2D eigenvalue weighted by molar-refractivity contribution is 0.0565. The molecule has 1 rings (SSSR count). The van der Waals surface area contributed by atoms with Crippen molar-refractivity contribution in [3.05, 3.63) is 0 Å². The van der Waals surface area contributed by atoms with Crippen LogP contribution in [0.25, 0.3) is 0 Å². The highest BCUT2D eigenvalue weighted by molar-refractivity contribution is 4.86. The lowest BCUT2D eigenvalue weighted by Crippen LogP contribution is -2.51. The molecule has 0 aromatic rings. The average molecular weight is 244 g/mol. The van der Waals surface area contributed by atoms with Crippen molar-refractivity contribution in [2.24, 2.45) is 5.92 Å². The molecule has 1 saturated heterocycles. The van der Waals surface area contributed by atoms with Crippen molar-refractivity contribution >= 4 is 0 Å². The van der Waals surface area contributed by atoms with Gasteiger partial charge in [0.2, 0.25) is 0 Å². The van der Waals surface area contributed by atoms with E-state index in [-0.39, 0.29) is 6.10 Å². The van der Waals surface area contributed by atoms with E-state index in [0.717, 1.165) is 19.5 Å². The normalized spacial score (nSPS) is 32.6. The zero-order valence-corrected chi connectivity index (χ0v) is 11.6. The molecule has 4 heteroatoms. The Hall–Kier alpha value is -0.160. The van der Waals surface area contributed by atoms with Crippen molar-refractivity contribution in [1.82, 2.24) is 10.2 Å². The number of ether oxygens (including phenoxy) is 1. The predicted octanol–water partition coefficient (Wildman–Crippen LogP) is 0.702. The van der Waals surface area contributed by atoms with E-state index in [1.807, 2.05) is 0 Å². The number of hydrogen-bond donors (Lipinski definition) is 2. The Morgan fingerprint density at radius 2 is 2.18 bits per heavy atom. The molecule has 1 fully saturated rings. The van der Waals surface area contributed by atoms with Crippen molar-refractivity contribution in [3.8, 4) is 0 Å². The second-order valence-corrected chi connectivity index (χ2v) is 5.46. The SMILES string of the molecule is COCC(O)CCNC1CC(C)N(C)CC1C. The third kappa shape index (κ3) is 4.92. The van der Waals surface area contributed by atoms with Crippen LogP contribution < -0.4 is 5.32 Å². The Kier molecular flexibility index (Phi) is 6.41. The lowest BCUT2D eigenvalue weighted by Gasteiger charge is -2.40. The predicted molar refractivity (Wildman–Crippen MR) is 70.2 cm³/mol. The van der Waals surface area contributed by atoms with E-state index in [2.05, 4.69) is 31.1 Å². The molecular formula is C13H28N2O2. The van der Waals surface area contributed by atoms with Gasteiger partial charge in [-0.2, -0.15) is 0 Å². The smallest absolute Gasteiger partial charge is 0.0785 e. The second kappa shape index (κ2) is 7.31. The Balaban J connectivity index is 2.22. The highest BCUT2D eigenvalue weighted by Gasteiger charge is 2.28. The standard InChI is InChI=1S/C13H28N2O2/c1-10-8-15(3)11(2)7-13(10)14-6-5-12(16)9-17-4/h10-14,16H,5-9H2,1-4H3. The summed E-state index contributed by atoms with van der Waals surface area (Å²) < 4.78 is 4.91. The monoisotopic (exact) mass is 244 g/mol. The minimum absolute atomic E-state index is 0.341. The number of nitrogens with zero attached hydrogens (tertiary/aromatic N) is 1. The van der Waals surface area contributed by atoms with E-state index < -0.39 is 0 Å². The summed E-state index contributed by atoms with van der Waals surface area (Å²) in [5.74, 6) is 0.677. The Bertz CT molecular complexity index is 214. The number of hydrogen-bond acceptors (Lipinski definition) is 4. The van der Waals surface area contributed by atoms with E-state index in [4.69, 9.17) is 4.74 Å². The zero-order chi connectivity index (χ0) is 12.8. The van der Waals surface area contributed by atoms with Gasteiger partial charge in [-0.05, 0) is 39.3 Å². The van der Waals surface area contributed by atoms with Gasteiger partial charge in [0.15, 0.2) is 0 Å². The maximum absolute atomic E-state index is 9.57. The minimum atomic E-state index is -0.341. The third-order valence-electron chi connectivity index (χ3n) is 3.85. The van der Waals surface area contributed by atoms with Crippen LogP contribution in [0.2, 0.25) is 0 Å². The van der Waals surface area contributed by atoms with Gasteiger partial charge in [-0.1, -0.05) is 6.92 Å². The molecule has 0 amide bonds. The van der Waals surface area contributed by atoms with Gasteiger partial charge >= 0.3 is 0 Å². The number of likely N-dealkylation sites (tertiary alicyclic amines) is 1. The Labute approximate surface area is 105 Å². The average Bonchev–Trinajstić information content (AvgIpc) is 2.26. The lowest BCUT2D eigenvalue weighted by atomic mass is 9.90. The number of rotatable bonds is 6. The quantitative estimate of drug-likeness (QED) is 0.722. The molecule has 0 saturated carbocycles. The van der Waals surface area contributed by atoms with E-state index in [0.29, 0.717) is 24.6 Å². The van der Waals surface area contributed by atoms with Crippen molar-refractivity contribution < 1.29 is 9.84 Å². The topological polar surface area (TPSA) is 44.7 Å². The molecule has 1 aliphatic rings. The van der Waals surface area contributed by atoms with Gasteiger partial charge in [-0.3, -0.25) is 0 Å². The summed E-state index contributed by atoms with van der Waals surface area (Å²) >= 11 is 0. The van der Waals surface area contributed by atoms with E-state index in [9.17, 15) is 5.11 Å². The van der Waals surface area contributed by atoms with Gasteiger partial charge in [0, 0.05) is 25.7 Å². The number of methoxy groups -OCH3 is 1. The summed E-state index contributed by atoms with van der Waals surface area (Å²) in [6.07, 6.45) is 1.62. The summed E-state index contributed by atoms with van der Waals surface area (Å²) in [6, 6.07) is 1.23. The van der Waals surface area contributed by atoms with Crippen LogP contribution in [-0.2, 0) is 4.74 Å². The molecule has 2 N–H and O–H groups in total. The highest BCUT2D eigenvalue weighted by atomic mass is 16.5. The molecule has 0 aromatic carbocycles. The van der Waals surface area contributed by atoms with Gasteiger partial charge < -0.3 is 20.1 Å². The first-order chi connectivity index (χ1) is 8.04. The Morgan fingerprint density at radius 3 is 2.82 bits per heavy atom. The van der Waals surface area contributed by atoms with Gasteiger partial charge in [-0.25, -0.2) is 0 Å². The second-order valence-electron chi connectivity index (χ2n) is 5.46. The molecule has 4 unspecified atom stereocenters. The fourth-order valence-electron chi connectivity index (χ4n) is 2.54. The molecule has 17 heavy (non-hydrogen) atoms. The van der Waals surface area contributed by atoms with Gasteiger partial charge in [-0.15, -0.1) is 0 Å². The van der Waals surface area contributed by atoms with E-state index >= 15 is 0 Å². The maximum atomic E-state index is 9.57. The molecular weight excluding hydrogens is 216 g/mol. The van der Waals surface area contributed by atoms with Crippen LogP contribution in [0.4, 0.5) is 0 Å². The van der Waals surface area contributed by atoms with Crippen LogP contribution in [0.1, 0.15) is 26.7 Å².